The van der Waals surface area contributed by atoms with Gasteiger partial charge in [0.15, 0.2) is 0 Å². The van der Waals surface area contributed by atoms with E-state index in [0.29, 0.717) is 62.0 Å². The molecule has 4 aliphatic heterocycles. The highest BCUT2D eigenvalue weighted by Gasteiger charge is 2.28. The number of carbonyl (C=O) groups is 11. The molecule has 5 aromatic carbocycles. The van der Waals surface area contributed by atoms with Crippen LogP contribution in [0, 0.1) is 0 Å². The summed E-state index contributed by atoms with van der Waals surface area (Å²) in [4.78, 5) is 172. The smallest absolute Gasteiger partial charge is 0.318 e. The van der Waals surface area contributed by atoms with Crippen LogP contribution < -0.4 is 69.0 Å². The highest BCUT2D eigenvalue weighted by Crippen LogP contribution is 2.27. The number of nitrogens with zero attached hydrogens (tertiary/aromatic N) is 7. The molecule has 11 amide bonds. The zero-order chi connectivity index (χ0) is 84.6. The van der Waals surface area contributed by atoms with E-state index in [-0.39, 0.29) is 225 Å². The number of rotatable bonds is 20. The molecule has 119 heavy (non-hydrogen) atoms. The van der Waals surface area contributed by atoms with Gasteiger partial charge in [-0.1, -0.05) is 61.4 Å². The van der Waals surface area contributed by atoms with Crippen molar-refractivity contribution in [3.63, 3.8) is 0 Å². The molecule has 0 radical (unpaired) electrons. The van der Waals surface area contributed by atoms with Gasteiger partial charge >= 0.3 is 6.01 Å². The summed E-state index contributed by atoms with van der Waals surface area (Å²) in [5.41, 5.74) is 6.95. The first-order chi connectivity index (χ1) is 57.5. The number of para-hydroxylation sites is 4. The topological polar surface area (TPSA) is 488 Å². The fourth-order valence-electron chi connectivity index (χ4n) is 13.8. The Bertz CT molecular complexity index is 4710. The quantitative estimate of drug-likeness (QED) is 0.0488. The van der Waals surface area contributed by atoms with Gasteiger partial charge in [-0.2, -0.15) is 4.98 Å². The number of nitrogens with one attached hydrogen (secondary N) is 11. The Morgan fingerprint density at radius 2 is 0.849 bits per heavy atom. The molecule has 0 aliphatic carbocycles. The average molecular weight is 1640 g/mol. The minimum Gasteiger partial charge on any atom is -0.506 e. The Morgan fingerprint density at radius 1 is 0.437 bits per heavy atom. The van der Waals surface area contributed by atoms with Crippen molar-refractivity contribution in [1.82, 2.24) is 93.0 Å². The lowest BCUT2D eigenvalue weighted by atomic mass is 10.0. The molecule has 2 aromatic heterocycles. The predicted octanol–water partition coefficient (Wildman–Crippen LogP) is 2.67. The minimum absolute atomic E-state index is 0.00589. The summed E-state index contributed by atoms with van der Waals surface area (Å²) in [7, 11) is 0. The third kappa shape index (κ3) is 27.1. The van der Waals surface area contributed by atoms with Gasteiger partial charge < -0.3 is 89.4 Å². The van der Waals surface area contributed by atoms with Crippen LogP contribution in [0.2, 0.25) is 0 Å². The number of ether oxygens (including phenoxy) is 1. The number of fused-ring (bicyclic) bond motifs is 16. The van der Waals surface area contributed by atoms with E-state index in [4.69, 9.17) is 10.5 Å². The molecule has 12 bridgehead atoms. The number of hydrogen-bond acceptors (Lipinski definition) is 24. The van der Waals surface area contributed by atoms with E-state index in [1.54, 1.807) is 25.1 Å². The Labute approximate surface area is 688 Å². The zero-order valence-corrected chi connectivity index (χ0v) is 66.6. The van der Waals surface area contributed by atoms with Crippen molar-refractivity contribution in [3.8, 4) is 29.0 Å². The number of aromatic hydroxyl groups is 4. The van der Waals surface area contributed by atoms with Gasteiger partial charge in [-0.3, -0.25) is 77.3 Å². The average Bonchev–Trinajstić information content (AvgIpc) is 0.841. The standard InChI is InChI=1S/C84H105N19O16/c1-54-51-102-42-36-91-78(113)62-15-8-13-60(71(62)106)76(111)87-32-38-100(40-34-89-80(115)64-17-10-19-66(73(64)108)82(117)97-54)44-45-101-39-33-88-77(112)61-14-9-16-63(72(61)107)79(114)92-37-43-103(47-46-102)52-59(98-83(118)67-20-11-18-65(74(67)109)81(116)90-35-41-101)12-6-7-30-86-69(104)21-4-2-3-5-22-70(105)95-50-58-28-27-57(49-94-58)75(110)96-48-55-23-25-56(26-24-55)53-119-84-93-31-29-68(85)99-84/h8-11,13-20,23-29,31,49,54,59,106-109H,2-7,12,21-22,30,32-48,50-53H2,1H3,(H,86,104)(H,87,111)(H,88,112)(H,89,115)(H,90,116)(H,91,113)(H,92,114)(H,95,105)(H,96,110)(H,97,117)(H,98,118)(H2,85,93,99). The molecule has 35 heteroatoms. The molecule has 0 saturated heterocycles. The third-order valence-corrected chi connectivity index (χ3v) is 20.5. The zero-order valence-electron chi connectivity index (χ0n) is 66.6. The summed E-state index contributed by atoms with van der Waals surface area (Å²) in [6.07, 6.45) is 7.23. The fraction of sp³-hybridized carbons (Fsp3) is 0.405. The van der Waals surface area contributed by atoms with Gasteiger partial charge in [-0.05, 0) is 117 Å². The van der Waals surface area contributed by atoms with Crippen LogP contribution >= 0.6 is 0 Å². The Morgan fingerprint density at radius 3 is 1.29 bits per heavy atom. The molecule has 6 heterocycles. The number of benzene rings is 5. The van der Waals surface area contributed by atoms with Crippen LogP contribution in [-0.2, 0) is 29.3 Å². The van der Waals surface area contributed by atoms with Gasteiger partial charge in [0, 0.05) is 168 Å². The molecular weight excluding hydrogens is 1530 g/mol. The Balaban J connectivity index is 0.808. The highest BCUT2D eigenvalue weighted by molar-refractivity contribution is 6.07. The molecule has 632 valence electrons. The number of anilines is 1. The van der Waals surface area contributed by atoms with Crippen molar-refractivity contribution in [2.24, 2.45) is 0 Å². The van der Waals surface area contributed by atoms with E-state index in [1.165, 1.54) is 85.2 Å². The van der Waals surface area contributed by atoms with Crippen LogP contribution in [-0.4, -0.2) is 256 Å². The second-order valence-corrected chi connectivity index (χ2v) is 29.3. The summed E-state index contributed by atoms with van der Waals surface area (Å²) >= 11 is 0. The first-order valence-corrected chi connectivity index (χ1v) is 40.1. The number of hydrogen-bond donors (Lipinski definition) is 16. The molecule has 0 saturated carbocycles. The predicted molar refractivity (Wildman–Crippen MR) is 439 cm³/mol. The number of carbonyl (C=O) groups excluding carboxylic acids is 11. The number of nitrogen functional groups attached to an aromatic ring is 1. The number of pyridine rings is 1. The second kappa shape index (κ2) is 45.0. The summed E-state index contributed by atoms with van der Waals surface area (Å²) in [6, 6.07) is 28.1. The maximum atomic E-state index is 14.7. The van der Waals surface area contributed by atoms with E-state index in [9.17, 15) is 73.2 Å². The lowest BCUT2D eigenvalue weighted by molar-refractivity contribution is -0.122. The minimum atomic E-state index is -0.736. The molecule has 17 N–H and O–H groups in total. The molecule has 0 fully saturated rings. The van der Waals surface area contributed by atoms with Crippen molar-refractivity contribution in [2.45, 2.75) is 96.5 Å². The lowest BCUT2D eigenvalue weighted by Gasteiger charge is -2.32. The Kier molecular flexibility index (Phi) is 33.5. The van der Waals surface area contributed by atoms with Crippen molar-refractivity contribution in [3.05, 3.63) is 195 Å². The number of amides is 11. The van der Waals surface area contributed by atoms with Crippen LogP contribution in [0.25, 0.3) is 0 Å². The van der Waals surface area contributed by atoms with Crippen LogP contribution in [0.3, 0.4) is 0 Å². The monoisotopic (exact) mass is 1640 g/mol. The largest absolute Gasteiger partial charge is 0.506 e. The van der Waals surface area contributed by atoms with Gasteiger partial charge in [-0.25, -0.2) is 4.98 Å². The number of phenolic OH excluding ortho intramolecular Hbond substituents is 4. The normalized spacial score (nSPS) is 19.2. The summed E-state index contributed by atoms with van der Waals surface area (Å²) in [5.74, 6) is -8.15. The maximum absolute atomic E-state index is 14.7. The van der Waals surface area contributed by atoms with Crippen molar-refractivity contribution < 1.29 is 77.9 Å². The summed E-state index contributed by atoms with van der Waals surface area (Å²) in [5, 5.41) is 78.4. The number of unbranched alkanes of at least 4 members (excludes halogenated alkanes) is 4. The molecule has 0 spiro atoms. The van der Waals surface area contributed by atoms with E-state index in [2.05, 4.69) is 73.4 Å². The van der Waals surface area contributed by atoms with E-state index in [1.807, 2.05) is 43.9 Å². The van der Waals surface area contributed by atoms with E-state index in [0.717, 1.165) is 11.1 Å². The van der Waals surface area contributed by atoms with Crippen LogP contribution in [0.5, 0.6) is 29.0 Å². The first-order valence-electron chi connectivity index (χ1n) is 40.1. The van der Waals surface area contributed by atoms with Crippen LogP contribution in [0.4, 0.5) is 5.82 Å². The molecule has 35 nitrogen and oxygen atoms in total. The second-order valence-electron chi connectivity index (χ2n) is 29.3. The van der Waals surface area contributed by atoms with Crippen LogP contribution in [0.1, 0.15) is 175 Å². The number of nitrogens with two attached hydrogens (primary N) is 1. The molecule has 11 rings (SSSR count). The third-order valence-electron chi connectivity index (χ3n) is 20.5. The molecule has 6 unspecified atom stereocenters. The van der Waals surface area contributed by atoms with Crippen molar-refractivity contribution in [1.29, 1.82) is 0 Å². The van der Waals surface area contributed by atoms with Crippen LogP contribution in [0.15, 0.2) is 128 Å². The van der Waals surface area contributed by atoms with Gasteiger partial charge in [0.25, 0.3) is 53.2 Å². The van der Waals surface area contributed by atoms with Gasteiger partial charge in [0.2, 0.25) is 11.8 Å². The van der Waals surface area contributed by atoms with Gasteiger partial charge in [0.1, 0.15) is 35.4 Å². The maximum Gasteiger partial charge on any atom is 0.318 e. The first kappa shape index (κ1) is 88.5. The SMILES string of the molecule is CC1CN2CCNC(=O)c3cccc(c3O)C(=O)NCCN(CCNC(=O)c3cccc(c3O)C(=O)N1)CCN1CCNC(=O)c3cccc(c3O)C(=O)NCCN(CC2)CC(CCCCNC(=O)CCCCCCC(=O)NCc2ccc(C(=O)NCc3ccc(COc4nccc(N)n4)cc3)cn2)NC(=O)c2cccc(c2O)C(=O)NCC1. The Hall–Kier alpha value is -12.9. The van der Waals surface area contributed by atoms with Gasteiger partial charge in [-0.15, -0.1) is 0 Å². The number of aromatic nitrogens is 3. The van der Waals surface area contributed by atoms with E-state index >= 15 is 0 Å². The van der Waals surface area contributed by atoms with Gasteiger partial charge in [0.05, 0.1) is 62.3 Å². The highest BCUT2D eigenvalue weighted by atomic mass is 16.5. The fourth-order valence-corrected chi connectivity index (χ4v) is 13.8. The summed E-state index contributed by atoms with van der Waals surface area (Å²) in [6.45, 7) is 4.23. The van der Waals surface area contributed by atoms with E-state index < -0.39 is 82.3 Å². The molecular formula is C84H105N19O16. The lowest BCUT2D eigenvalue weighted by Crippen LogP contribution is -2.50. The van der Waals surface area contributed by atoms with Crippen molar-refractivity contribution in [2.75, 3.05) is 130 Å². The number of phenols is 4. The summed E-state index contributed by atoms with van der Waals surface area (Å²) < 4.78 is 5.60. The van der Waals surface area contributed by atoms with Crippen molar-refractivity contribution >= 4 is 70.8 Å². The molecule has 6 atom stereocenters. The molecule has 7 aromatic rings. The molecule has 4 aliphatic rings.